The standard InChI is InChI=1S/C19H15ClFN5O3/c1-29-12-5-2-10(3-6-12)17-24-19-23-16(27)9-15(26(19)25-17)18(28)22-11-4-7-14(21)13(20)8-11/h2-8,15H,9H2,1H3,(H,22,28)(H,23,24,25,27). The molecule has 4 rings (SSSR count). The van der Waals surface area contributed by atoms with Gasteiger partial charge >= 0.3 is 0 Å². The van der Waals surface area contributed by atoms with E-state index in [0.717, 1.165) is 6.07 Å². The first-order chi connectivity index (χ1) is 13.9. The van der Waals surface area contributed by atoms with Gasteiger partial charge in [-0.3, -0.25) is 14.9 Å². The van der Waals surface area contributed by atoms with Crippen LogP contribution in [0.5, 0.6) is 5.75 Å². The highest BCUT2D eigenvalue weighted by atomic mass is 35.5. The summed E-state index contributed by atoms with van der Waals surface area (Å²) in [6.45, 7) is 0. The molecule has 0 fully saturated rings. The molecule has 0 bridgehead atoms. The minimum Gasteiger partial charge on any atom is -0.497 e. The van der Waals surface area contributed by atoms with Crippen molar-refractivity contribution in [1.29, 1.82) is 0 Å². The van der Waals surface area contributed by atoms with E-state index in [2.05, 4.69) is 20.7 Å². The average molecular weight is 416 g/mol. The predicted molar refractivity (Wildman–Crippen MR) is 104 cm³/mol. The summed E-state index contributed by atoms with van der Waals surface area (Å²) < 4.78 is 19.8. The quantitative estimate of drug-likeness (QED) is 0.681. The summed E-state index contributed by atoms with van der Waals surface area (Å²) in [6, 6.07) is 9.98. The first-order valence-corrected chi connectivity index (χ1v) is 8.99. The smallest absolute Gasteiger partial charge is 0.249 e. The van der Waals surface area contributed by atoms with E-state index in [1.807, 2.05) is 0 Å². The van der Waals surface area contributed by atoms with Crippen molar-refractivity contribution < 1.29 is 18.7 Å². The molecule has 1 aliphatic heterocycles. The Kier molecular flexibility index (Phi) is 4.89. The van der Waals surface area contributed by atoms with E-state index in [4.69, 9.17) is 16.3 Å². The number of methoxy groups -OCH3 is 1. The molecule has 1 unspecified atom stereocenters. The average Bonchev–Trinajstić information content (AvgIpc) is 3.14. The molecule has 148 valence electrons. The highest BCUT2D eigenvalue weighted by Crippen LogP contribution is 2.28. The third kappa shape index (κ3) is 3.77. The lowest BCUT2D eigenvalue weighted by Gasteiger charge is -2.22. The lowest BCUT2D eigenvalue weighted by atomic mass is 10.1. The number of amides is 2. The molecule has 0 saturated carbocycles. The number of hydrogen-bond donors (Lipinski definition) is 2. The number of fused-ring (bicyclic) bond motifs is 1. The van der Waals surface area contributed by atoms with Crippen LogP contribution in [0.4, 0.5) is 16.0 Å². The number of nitrogens with zero attached hydrogens (tertiary/aromatic N) is 3. The molecule has 10 heteroatoms. The van der Waals surface area contributed by atoms with Crippen LogP contribution in [0, 0.1) is 5.82 Å². The normalized spacial score (nSPS) is 15.4. The zero-order valence-electron chi connectivity index (χ0n) is 15.1. The molecule has 0 radical (unpaired) electrons. The maximum absolute atomic E-state index is 13.3. The minimum absolute atomic E-state index is 0.112. The second-order valence-electron chi connectivity index (χ2n) is 6.32. The molecule has 1 aromatic heterocycles. The second-order valence-corrected chi connectivity index (χ2v) is 6.73. The number of rotatable bonds is 4. The van der Waals surface area contributed by atoms with Gasteiger partial charge in [-0.25, -0.2) is 9.07 Å². The van der Waals surface area contributed by atoms with Crippen molar-refractivity contribution in [2.75, 3.05) is 17.7 Å². The monoisotopic (exact) mass is 415 g/mol. The third-order valence-corrected chi connectivity index (χ3v) is 4.68. The van der Waals surface area contributed by atoms with Crippen molar-refractivity contribution in [3.8, 4) is 17.1 Å². The molecule has 0 spiro atoms. The molecule has 2 aromatic carbocycles. The maximum atomic E-state index is 13.3. The Morgan fingerprint density at radius 3 is 2.76 bits per heavy atom. The predicted octanol–water partition coefficient (Wildman–Crippen LogP) is 3.27. The lowest BCUT2D eigenvalue weighted by Crippen LogP contribution is -2.36. The van der Waals surface area contributed by atoms with Crippen molar-refractivity contribution in [1.82, 2.24) is 14.8 Å². The van der Waals surface area contributed by atoms with E-state index < -0.39 is 17.8 Å². The van der Waals surface area contributed by atoms with Gasteiger partial charge in [0.1, 0.15) is 17.6 Å². The van der Waals surface area contributed by atoms with Crippen molar-refractivity contribution in [2.45, 2.75) is 12.5 Å². The lowest BCUT2D eigenvalue weighted by molar-refractivity contribution is -0.125. The molecular formula is C19H15ClFN5O3. The summed E-state index contributed by atoms with van der Waals surface area (Å²) in [5, 5.41) is 9.51. The van der Waals surface area contributed by atoms with Crippen LogP contribution in [0.2, 0.25) is 5.02 Å². The van der Waals surface area contributed by atoms with Crippen LogP contribution >= 0.6 is 11.6 Å². The van der Waals surface area contributed by atoms with Gasteiger partial charge in [-0.15, -0.1) is 5.10 Å². The van der Waals surface area contributed by atoms with E-state index in [1.165, 1.54) is 16.8 Å². The molecule has 1 aliphatic rings. The zero-order chi connectivity index (χ0) is 20.5. The Balaban J connectivity index is 1.62. The molecule has 2 amide bonds. The topological polar surface area (TPSA) is 98.1 Å². The van der Waals surface area contributed by atoms with Crippen LogP contribution in [0.3, 0.4) is 0 Å². The number of ether oxygens (including phenoxy) is 1. The van der Waals surface area contributed by atoms with Crippen molar-refractivity contribution in [3.05, 3.63) is 53.3 Å². The van der Waals surface area contributed by atoms with Gasteiger partial charge in [0, 0.05) is 11.3 Å². The van der Waals surface area contributed by atoms with Crippen molar-refractivity contribution >= 4 is 35.1 Å². The van der Waals surface area contributed by atoms with E-state index >= 15 is 0 Å². The molecule has 2 N–H and O–H groups in total. The van der Waals surface area contributed by atoms with Crippen LogP contribution in [-0.4, -0.2) is 33.7 Å². The summed E-state index contributed by atoms with van der Waals surface area (Å²) in [5.41, 5.74) is 1.01. The van der Waals surface area contributed by atoms with Gasteiger partial charge in [-0.05, 0) is 42.5 Å². The first-order valence-electron chi connectivity index (χ1n) is 8.61. The second kappa shape index (κ2) is 7.51. The first kappa shape index (κ1) is 18.9. The number of nitrogens with one attached hydrogen (secondary N) is 2. The minimum atomic E-state index is -0.915. The number of benzene rings is 2. The SMILES string of the molecule is COc1ccc(-c2nc3n(n2)C(C(=O)Nc2ccc(F)c(Cl)c2)CC(=O)N3)cc1. The number of carbonyl (C=O) groups excluding carboxylic acids is 2. The number of halogens is 2. The van der Waals surface area contributed by atoms with Gasteiger partial charge in [0.15, 0.2) is 5.82 Å². The van der Waals surface area contributed by atoms with E-state index in [0.29, 0.717) is 22.8 Å². The molecule has 8 nitrogen and oxygen atoms in total. The van der Waals surface area contributed by atoms with Crippen molar-refractivity contribution in [2.24, 2.45) is 0 Å². The van der Waals surface area contributed by atoms with Crippen molar-refractivity contribution in [3.63, 3.8) is 0 Å². The maximum Gasteiger partial charge on any atom is 0.249 e. The molecule has 0 aliphatic carbocycles. The van der Waals surface area contributed by atoms with Gasteiger partial charge in [-0.1, -0.05) is 11.6 Å². The van der Waals surface area contributed by atoms with Crippen LogP contribution in [-0.2, 0) is 9.59 Å². The summed E-state index contributed by atoms with van der Waals surface area (Å²) in [7, 11) is 1.57. The summed E-state index contributed by atoms with van der Waals surface area (Å²) in [4.78, 5) is 29.2. The summed E-state index contributed by atoms with van der Waals surface area (Å²) in [5.74, 6) is -0.235. The van der Waals surface area contributed by atoms with E-state index in [-0.39, 0.29) is 23.3 Å². The fourth-order valence-corrected chi connectivity index (χ4v) is 3.11. The Morgan fingerprint density at radius 1 is 1.31 bits per heavy atom. The van der Waals surface area contributed by atoms with Crippen LogP contribution in [0.25, 0.3) is 11.4 Å². The highest BCUT2D eigenvalue weighted by Gasteiger charge is 2.33. The van der Waals surface area contributed by atoms with Crippen LogP contribution in [0.1, 0.15) is 12.5 Å². The third-order valence-electron chi connectivity index (χ3n) is 4.39. The fraction of sp³-hybridized carbons (Fsp3) is 0.158. The number of aromatic nitrogens is 3. The van der Waals surface area contributed by atoms with Gasteiger partial charge in [-0.2, -0.15) is 4.98 Å². The van der Waals surface area contributed by atoms with Crippen LogP contribution in [0.15, 0.2) is 42.5 Å². The Labute approximate surface area is 169 Å². The van der Waals surface area contributed by atoms with E-state index in [1.54, 1.807) is 31.4 Å². The molecule has 3 aromatic rings. The summed E-state index contributed by atoms with van der Waals surface area (Å²) >= 11 is 5.75. The van der Waals surface area contributed by atoms with Gasteiger partial charge < -0.3 is 10.1 Å². The molecule has 0 saturated heterocycles. The largest absolute Gasteiger partial charge is 0.497 e. The fourth-order valence-electron chi connectivity index (χ4n) is 2.93. The number of carbonyl (C=O) groups is 2. The van der Waals surface area contributed by atoms with Gasteiger partial charge in [0.25, 0.3) is 0 Å². The Morgan fingerprint density at radius 2 is 2.07 bits per heavy atom. The summed E-state index contributed by atoms with van der Waals surface area (Å²) in [6.07, 6.45) is -0.112. The molecular weight excluding hydrogens is 401 g/mol. The highest BCUT2D eigenvalue weighted by molar-refractivity contribution is 6.31. The van der Waals surface area contributed by atoms with Crippen LogP contribution < -0.4 is 15.4 Å². The van der Waals surface area contributed by atoms with Gasteiger partial charge in [0.2, 0.25) is 17.8 Å². The van der Waals surface area contributed by atoms with Gasteiger partial charge in [0.05, 0.1) is 18.6 Å². The number of hydrogen-bond acceptors (Lipinski definition) is 5. The van der Waals surface area contributed by atoms with E-state index in [9.17, 15) is 14.0 Å². The zero-order valence-corrected chi connectivity index (χ0v) is 15.9. The Bertz CT molecular complexity index is 1100. The Hall–Kier alpha value is -3.46. The molecule has 2 heterocycles. The molecule has 29 heavy (non-hydrogen) atoms. The molecule has 1 atom stereocenters. The number of anilines is 2.